The van der Waals surface area contributed by atoms with Gasteiger partial charge >= 0.3 is 0 Å². The molecule has 72 valence electrons. The molecule has 0 amide bonds. The third kappa shape index (κ3) is 2.90. The molecule has 0 aliphatic heterocycles. The summed E-state index contributed by atoms with van der Waals surface area (Å²) < 4.78 is 1.46. The summed E-state index contributed by atoms with van der Waals surface area (Å²) in [6.07, 6.45) is 4.97. The van der Waals surface area contributed by atoms with Gasteiger partial charge in [0.2, 0.25) is 0 Å². The molecule has 0 aromatic carbocycles. The molecule has 13 heavy (non-hydrogen) atoms. The lowest BCUT2D eigenvalue weighted by atomic mass is 10.00. The van der Waals surface area contributed by atoms with Crippen LogP contribution >= 0.6 is 34.7 Å². The van der Waals surface area contributed by atoms with E-state index < -0.39 is 0 Å². The highest BCUT2D eigenvalue weighted by Crippen LogP contribution is 2.36. The van der Waals surface area contributed by atoms with Crippen LogP contribution in [0.2, 0.25) is 0 Å². The summed E-state index contributed by atoms with van der Waals surface area (Å²) in [6, 6.07) is 4.34. The van der Waals surface area contributed by atoms with Crippen LogP contribution in [-0.2, 0) is 0 Å². The molecule has 0 spiro atoms. The lowest BCUT2D eigenvalue weighted by Gasteiger charge is -2.23. The Hall–Kier alpha value is 0.340. The maximum Gasteiger partial charge on any atom is 0.0601 e. The monoisotopic (exact) mass is 232 g/mol. The third-order valence-corrected chi connectivity index (χ3v) is 5.23. The molecule has 1 aliphatic carbocycles. The van der Waals surface area contributed by atoms with Crippen LogP contribution in [0.5, 0.6) is 0 Å². The van der Waals surface area contributed by atoms with E-state index in [-0.39, 0.29) is 0 Å². The number of rotatable bonds is 2. The molecule has 1 aromatic heterocycles. The number of thioether (sulfide) groups is 1. The van der Waals surface area contributed by atoms with Gasteiger partial charge in [-0.05, 0) is 37.1 Å². The van der Waals surface area contributed by atoms with Crippen molar-refractivity contribution in [1.82, 2.24) is 0 Å². The molecule has 1 fully saturated rings. The van der Waals surface area contributed by atoms with E-state index in [4.69, 9.17) is 11.6 Å². The second-order valence-corrected chi connectivity index (χ2v) is 6.59. The Morgan fingerprint density at radius 1 is 1.31 bits per heavy atom. The van der Waals surface area contributed by atoms with E-state index >= 15 is 0 Å². The predicted molar refractivity (Wildman–Crippen MR) is 62.1 cm³/mol. The van der Waals surface area contributed by atoms with Crippen molar-refractivity contribution in [2.75, 3.05) is 0 Å². The quantitative estimate of drug-likeness (QED) is 0.682. The predicted octanol–water partition coefficient (Wildman–Crippen LogP) is 4.39. The summed E-state index contributed by atoms with van der Waals surface area (Å²) in [6.45, 7) is 0. The van der Waals surface area contributed by atoms with E-state index in [1.807, 2.05) is 23.1 Å². The topological polar surface area (TPSA) is 0 Å². The second-order valence-electron chi connectivity index (χ2n) is 3.42. The lowest BCUT2D eigenvalue weighted by Crippen LogP contribution is -2.15. The van der Waals surface area contributed by atoms with Crippen molar-refractivity contribution in [2.45, 2.75) is 40.5 Å². The van der Waals surface area contributed by atoms with Crippen LogP contribution in [0.15, 0.2) is 21.7 Å². The molecule has 3 heteroatoms. The van der Waals surface area contributed by atoms with Gasteiger partial charge in [-0.2, -0.15) is 0 Å². The number of hydrogen-bond acceptors (Lipinski definition) is 2. The number of halogens is 1. The Labute approximate surface area is 92.7 Å². The average molecular weight is 233 g/mol. The minimum absolute atomic E-state index is 0.445. The Morgan fingerprint density at radius 2 is 2.08 bits per heavy atom. The molecule has 1 aliphatic rings. The first-order chi connectivity index (χ1) is 6.34. The highest BCUT2D eigenvalue weighted by molar-refractivity contribution is 8.01. The Kier molecular flexibility index (Phi) is 3.58. The van der Waals surface area contributed by atoms with E-state index in [2.05, 4.69) is 17.5 Å². The smallest absolute Gasteiger partial charge is 0.0601 e. The Bertz CT molecular complexity index is 237. The summed E-state index contributed by atoms with van der Waals surface area (Å²) >= 11 is 9.94. The van der Waals surface area contributed by atoms with Crippen molar-refractivity contribution >= 4 is 34.7 Å². The van der Waals surface area contributed by atoms with Gasteiger partial charge in [0.05, 0.1) is 4.21 Å². The number of thiophene rings is 1. The maximum atomic E-state index is 6.06. The molecule has 0 nitrogen and oxygen atoms in total. The lowest BCUT2D eigenvalue weighted by molar-refractivity contribution is 0.523. The van der Waals surface area contributed by atoms with Crippen molar-refractivity contribution in [3.05, 3.63) is 17.5 Å². The van der Waals surface area contributed by atoms with Crippen LogP contribution < -0.4 is 0 Å². The minimum Gasteiger partial charge on any atom is -0.137 e. The number of hydrogen-bond donors (Lipinski definition) is 0. The molecule has 2 rings (SSSR count). The highest BCUT2D eigenvalue weighted by atomic mass is 35.5. The van der Waals surface area contributed by atoms with Gasteiger partial charge in [-0.3, -0.25) is 0 Å². The molecule has 0 unspecified atom stereocenters. The molecule has 0 radical (unpaired) electrons. The van der Waals surface area contributed by atoms with Crippen molar-refractivity contribution in [2.24, 2.45) is 0 Å². The van der Waals surface area contributed by atoms with Crippen LogP contribution in [-0.4, -0.2) is 10.6 Å². The largest absolute Gasteiger partial charge is 0.137 e. The van der Waals surface area contributed by atoms with Gasteiger partial charge in [0, 0.05) is 10.6 Å². The standard InChI is InChI=1S/C10H13ClS2/c11-8-3-5-9(6-4-8)13-10-2-1-7-12-10/h1-2,7-9H,3-6H2. The van der Waals surface area contributed by atoms with Crippen LogP contribution in [0, 0.1) is 0 Å². The molecule has 1 saturated carbocycles. The molecular formula is C10H13ClS2. The fourth-order valence-electron chi connectivity index (χ4n) is 1.63. The van der Waals surface area contributed by atoms with E-state index in [1.54, 1.807) is 0 Å². The second kappa shape index (κ2) is 4.72. The van der Waals surface area contributed by atoms with E-state index in [9.17, 15) is 0 Å². The number of alkyl halides is 1. The first-order valence-electron chi connectivity index (χ1n) is 4.69. The zero-order chi connectivity index (χ0) is 9.10. The fraction of sp³-hybridized carbons (Fsp3) is 0.600. The van der Waals surface area contributed by atoms with Gasteiger partial charge in [0.1, 0.15) is 0 Å². The van der Waals surface area contributed by atoms with Crippen molar-refractivity contribution in [3.63, 3.8) is 0 Å². The fourth-order valence-corrected chi connectivity index (χ4v) is 4.13. The van der Waals surface area contributed by atoms with Gasteiger partial charge in [-0.25, -0.2) is 0 Å². The van der Waals surface area contributed by atoms with E-state index in [0.29, 0.717) is 5.38 Å². The first-order valence-corrected chi connectivity index (χ1v) is 6.88. The molecular weight excluding hydrogens is 220 g/mol. The first kappa shape index (κ1) is 9.88. The summed E-state index contributed by atoms with van der Waals surface area (Å²) in [5.74, 6) is 0. The average Bonchev–Trinajstić information content (AvgIpc) is 2.62. The summed E-state index contributed by atoms with van der Waals surface area (Å²) in [5, 5.41) is 3.41. The molecule has 1 aromatic rings. The third-order valence-electron chi connectivity index (χ3n) is 2.38. The normalized spacial score (nSPS) is 29.0. The van der Waals surface area contributed by atoms with Crippen molar-refractivity contribution < 1.29 is 0 Å². The van der Waals surface area contributed by atoms with E-state index in [0.717, 1.165) is 5.25 Å². The Balaban J connectivity index is 1.83. The van der Waals surface area contributed by atoms with Crippen LogP contribution in [0.4, 0.5) is 0 Å². The van der Waals surface area contributed by atoms with Gasteiger partial charge in [-0.15, -0.1) is 34.7 Å². The minimum atomic E-state index is 0.445. The molecule has 1 heterocycles. The van der Waals surface area contributed by atoms with Crippen LogP contribution in [0.3, 0.4) is 0 Å². The van der Waals surface area contributed by atoms with Crippen LogP contribution in [0.25, 0.3) is 0 Å². The van der Waals surface area contributed by atoms with Gasteiger partial charge in [0.25, 0.3) is 0 Å². The summed E-state index contributed by atoms with van der Waals surface area (Å²) in [5.41, 5.74) is 0. The zero-order valence-corrected chi connectivity index (χ0v) is 9.80. The highest BCUT2D eigenvalue weighted by Gasteiger charge is 2.20. The van der Waals surface area contributed by atoms with Gasteiger partial charge < -0.3 is 0 Å². The van der Waals surface area contributed by atoms with Crippen LogP contribution in [0.1, 0.15) is 25.7 Å². The van der Waals surface area contributed by atoms with Gasteiger partial charge in [0.15, 0.2) is 0 Å². The van der Waals surface area contributed by atoms with Gasteiger partial charge in [-0.1, -0.05) is 6.07 Å². The summed E-state index contributed by atoms with van der Waals surface area (Å²) in [4.78, 5) is 0. The molecule has 0 atom stereocenters. The Morgan fingerprint density at radius 3 is 2.69 bits per heavy atom. The SMILES string of the molecule is ClC1CCC(Sc2cccs2)CC1. The molecule has 0 bridgehead atoms. The zero-order valence-electron chi connectivity index (χ0n) is 7.41. The van der Waals surface area contributed by atoms with Crippen molar-refractivity contribution in [1.29, 1.82) is 0 Å². The van der Waals surface area contributed by atoms with Crippen molar-refractivity contribution in [3.8, 4) is 0 Å². The van der Waals surface area contributed by atoms with E-state index in [1.165, 1.54) is 29.9 Å². The molecule has 0 N–H and O–H groups in total. The maximum absolute atomic E-state index is 6.06. The molecule has 0 saturated heterocycles. The summed E-state index contributed by atoms with van der Waals surface area (Å²) in [7, 11) is 0.